The van der Waals surface area contributed by atoms with E-state index in [4.69, 9.17) is 5.73 Å². The fourth-order valence-corrected chi connectivity index (χ4v) is 5.07. The molecule has 194 valence electrons. The van der Waals surface area contributed by atoms with Crippen LogP contribution in [0.25, 0.3) is 0 Å². The highest BCUT2D eigenvalue weighted by Crippen LogP contribution is 2.35. The van der Waals surface area contributed by atoms with Crippen LogP contribution in [-0.2, 0) is 27.9 Å². The lowest BCUT2D eigenvalue weighted by atomic mass is 9.80. The van der Waals surface area contributed by atoms with E-state index in [0.717, 1.165) is 33.7 Å². The number of rotatable bonds is 8. The van der Waals surface area contributed by atoms with Gasteiger partial charge in [-0.05, 0) is 55.9 Å². The fourth-order valence-electron chi connectivity index (χ4n) is 5.07. The zero-order valence-corrected chi connectivity index (χ0v) is 22.0. The summed E-state index contributed by atoms with van der Waals surface area (Å²) in [6.45, 7) is 5.86. The van der Waals surface area contributed by atoms with Crippen LogP contribution in [0.5, 0.6) is 0 Å². The highest BCUT2D eigenvalue weighted by Gasteiger charge is 2.55. The Hall–Kier alpha value is -4.01. The summed E-state index contributed by atoms with van der Waals surface area (Å²) < 4.78 is 1.60. The van der Waals surface area contributed by atoms with Crippen molar-refractivity contribution in [3.63, 3.8) is 0 Å². The third-order valence-corrected chi connectivity index (χ3v) is 7.03. The minimum Gasteiger partial charge on any atom is -0.384 e. The number of aromatic nitrogens is 3. The monoisotopic (exact) mass is 502 g/mol. The predicted octanol–water partition coefficient (Wildman–Crippen LogP) is 3.16. The maximum Gasteiger partial charge on any atom is 0.252 e. The number of nitrogens with zero attached hydrogens (tertiary/aromatic N) is 5. The summed E-state index contributed by atoms with van der Waals surface area (Å²) in [6.07, 6.45) is 2.92. The highest BCUT2D eigenvalue weighted by atomic mass is 16.2. The van der Waals surface area contributed by atoms with Crippen LogP contribution in [0.2, 0.25) is 0 Å². The van der Waals surface area contributed by atoms with Crippen molar-refractivity contribution in [2.45, 2.75) is 52.0 Å². The van der Waals surface area contributed by atoms with Crippen LogP contribution in [0.15, 0.2) is 48.7 Å². The van der Waals surface area contributed by atoms with E-state index in [9.17, 15) is 14.4 Å². The summed E-state index contributed by atoms with van der Waals surface area (Å²) in [4.78, 5) is 47.4. The highest BCUT2D eigenvalue weighted by molar-refractivity contribution is 6.12. The number of nitrogens with two attached hydrogens (primary N) is 1. The molecule has 3 heterocycles. The molecule has 0 radical (unpaired) electrons. The van der Waals surface area contributed by atoms with Gasteiger partial charge in [-0.25, -0.2) is 4.98 Å². The standard InChI is InChI=1S/C28H34N6O3/c1-6-20(21-9-7-8-17(2)12-21)16-25(35)34-26(28(37)33(5)24-10-11-32(4)31-24)22(27(34)36)14-19-13-18(3)30-23(29)15-19/h7-13,15,20,22,26H,6,14,16H2,1-5H3,(H2,29,30)/t20-,22+,26-/m0/s1. The van der Waals surface area contributed by atoms with Gasteiger partial charge in [0.05, 0.1) is 5.92 Å². The minimum atomic E-state index is -0.920. The third-order valence-electron chi connectivity index (χ3n) is 7.03. The third kappa shape index (κ3) is 5.40. The van der Waals surface area contributed by atoms with Crippen molar-refractivity contribution in [3.8, 4) is 0 Å². The first-order chi connectivity index (χ1) is 17.6. The Balaban J connectivity index is 1.61. The molecule has 1 fully saturated rings. The summed E-state index contributed by atoms with van der Waals surface area (Å²) in [7, 11) is 3.38. The van der Waals surface area contributed by atoms with Crippen LogP contribution in [0, 0.1) is 19.8 Å². The molecule has 0 aliphatic carbocycles. The summed E-state index contributed by atoms with van der Waals surface area (Å²) in [5.41, 5.74) is 9.61. The van der Waals surface area contributed by atoms with Gasteiger partial charge in [0.15, 0.2) is 5.82 Å². The number of amides is 3. The number of hydrogen-bond acceptors (Lipinski definition) is 6. The van der Waals surface area contributed by atoms with Gasteiger partial charge in [0.2, 0.25) is 11.8 Å². The zero-order chi connectivity index (χ0) is 26.9. The lowest BCUT2D eigenvalue weighted by molar-refractivity contribution is -0.170. The second kappa shape index (κ2) is 10.5. The zero-order valence-electron chi connectivity index (χ0n) is 22.0. The Morgan fingerprint density at radius 1 is 1.16 bits per heavy atom. The summed E-state index contributed by atoms with van der Waals surface area (Å²) in [5, 5.41) is 4.31. The van der Waals surface area contributed by atoms with Crippen molar-refractivity contribution >= 4 is 29.4 Å². The first-order valence-electron chi connectivity index (χ1n) is 12.5. The molecule has 1 aromatic carbocycles. The molecule has 0 saturated carbocycles. The van der Waals surface area contributed by atoms with E-state index in [1.165, 1.54) is 4.90 Å². The van der Waals surface area contributed by atoms with E-state index in [2.05, 4.69) is 16.1 Å². The second-order valence-corrected chi connectivity index (χ2v) is 9.87. The van der Waals surface area contributed by atoms with Crippen LogP contribution in [-0.4, -0.2) is 50.5 Å². The smallest absolute Gasteiger partial charge is 0.252 e. The number of benzene rings is 1. The number of nitrogen functional groups attached to an aromatic ring is 1. The van der Waals surface area contributed by atoms with Crippen LogP contribution in [0.1, 0.15) is 48.1 Å². The average Bonchev–Trinajstić information content (AvgIpc) is 3.28. The van der Waals surface area contributed by atoms with Crippen LogP contribution < -0.4 is 10.6 Å². The molecule has 37 heavy (non-hydrogen) atoms. The summed E-state index contributed by atoms with van der Waals surface area (Å²) in [5.74, 6) is -0.953. The van der Waals surface area contributed by atoms with E-state index < -0.39 is 12.0 Å². The van der Waals surface area contributed by atoms with Crippen LogP contribution in [0.4, 0.5) is 11.6 Å². The molecule has 3 aromatic rings. The van der Waals surface area contributed by atoms with E-state index >= 15 is 0 Å². The Morgan fingerprint density at radius 2 is 1.92 bits per heavy atom. The van der Waals surface area contributed by atoms with Gasteiger partial charge in [0, 0.05) is 38.5 Å². The number of anilines is 2. The van der Waals surface area contributed by atoms with Gasteiger partial charge in [0.1, 0.15) is 11.9 Å². The molecule has 0 unspecified atom stereocenters. The lowest BCUT2D eigenvalue weighted by Gasteiger charge is -2.46. The van der Waals surface area contributed by atoms with Gasteiger partial charge >= 0.3 is 0 Å². The molecule has 1 saturated heterocycles. The van der Waals surface area contributed by atoms with Gasteiger partial charge < -0.3 is 5.73 Å². The van der Waals surface area contributed by atoms with Crippen molar-refractivity contribution in [2.24, 2.45) is 13.0 Å². The minimum absolute atomic E-state index is 0.0498. The van der Waals surface area contributed by atoms with Gasteiger partial charge in [-0.3, -0.25) is 28.9 Å². The SMILES string of the molecule is CC[C@@H](CC(=O)N1C(=O)[C@H](Cc2cc(C)nc(N)c2)[C@H]1C(=O)N(C)c1ccn(C)n1)c1cccc(C)c1. The average molecular weight is 503 g/mol. The number of likely N-dealkylation sites (N-methyl/N-ethyl adjacent to an activating group) is 1. The molecule has 4 rings (SSSR count). The number of hydrogen-bond donors (Lipinski definition) is 1. The molecular formula is C28H34N6O3. The predicted molar refractivity (Wildman–Crippen MR) is 142 cm³/mol. The molecule has 0 spiro atoms. The first kappa shape index (κ1) is 26.1. The molecule has 2 N–H and O–H groups in total. The number of carbonyl (C=O) groups is 3. The number of pyridine rings is 1. The fraction of sp³-hybridized carbons (Fsp3) is 0.393. The molecule has 1 aliphatic rings. The van der Waals surface area contributed by atoms with E-state index in [1.54, 1.807) is 37.1 Å². The molecule has 9 heteroatoms. The van der Waals surface area contributed by atoms with Gasteiger partial charge in [-0.1, -0.05) is 36.8 Å². The van der Waals surface area contributed by atoms with Crippen LogP contribution in [0.3, 0.4) is 0 Å². The summed E-state index contributed by atoms with van der Waals surface area (Å²) in [6, 6.07) is 12.4. The van der Waals surface area contributed by atoms with E-state index in [1.807, 2.05) is 45.0 Å². The van der Waals surface area contributed by atoms with Crippen molar-refractivity contribution in [3.05, 3.63) is 71.0 Å². The molecule has 0 bridgehead atoms. The maximum absolute atomic E-state index is 13.7. The van der Waals surface area contributed by atoms with Crippen molar-refractivity contribution < 1.29 is 14.4 Å². The molecule has 9 nitrogen and oxygen atoms in total. The molecular weight excluding hydrogens is 468 g/mol. The van der Waals surface area contributed by atoms with Crippen molar-refractivity contribution in [1.82, 2.24) is 19.7 Å². The molecule has 3 atom stereocenters. The van der Waals surface area contributed by atoms with Gasteiger partial charge in [-0.15, -0.1) is 0 Å². The normalized spacial score (nSPS) is 17.9. The quantitative estimate of drug-likeness (QED) is 0.473. The van der Waals surface area contributed by atoms with Gasteiger partial charge in [0.25, 0.3) is 5.91 Å². The Kier molecular flexibility index (Phi) is 7.42. The number of aryl methyl sites for hydroxylation is 3. The number of imide groups is 1. The first-order valence-corrected chi connectivity index (χ1v) is 12.5. The maximum atomic E-state index is 13.7. The second-order valence-electron chi connectivity index (χ2n) is 9.87. The Morgan fingerprint density at radius 3 is 2.54 bits per heavy atom. The van der Waals surface area contributed by atoms with Crippen LogP contribution >= 0.6 is 0 Å². The Labute approximate surface area is 217 Å². The van der Waals surface area contributed by atoms with E-state index in [-0.39, 0.29) is 36.5 Å². The lowest BCUT2D eigenvalue weighted by Crippen LogP contribution is -2.69. The number of carbonyl (C=O) groups excluding carboxylic acids is 3. The number of β-lactam (4-membered cyclic amide) rings is 1. The molecule has 3 amide bonds. The topological polar surface area (TPSA) is 114 Å². The molecule has 1 aliphatic heterocycles. The van der Waals surface area contributed by atoms with Crippen molar-refractivity contribution in [2.75, 3.05) is 17.7 Å². The molecule has 2 aromatic heterocycles. The number of likely N-dealkylation sites (tertiary alicyclic amines) is 1. The summed E-state index contributed by atoms with van der Waals surface area (Å²) >= 11 is 0. The largest absolute Gasteiger partial charge is 0.384 e. The van der Waals surface area contributed by atoms with Gasteiger partial charge in [-0.2, -0.15) is 5.10 Å². The van der Waals surface area contributed by atoms with Crippen molar-refractivity contribution in [1.29, 1.82) is 0 Å². The Bertz CT molecular complexity index is 1310. The van der Waals surface area contributed by atoms with E-state index in [0.29, 0.717) is 11.6 Å².